The van der Waals surface area contributed by atoms with Gasteiger partial charge in [-0.3, -0.25) is 4.98 Å². The van der Waals surface area contributed by atoms with E-state index < -0.39 is 0 Å². The number of aromatic nitrogens is 3. The van der Waals surface area contributed by atoms with Crippen LogP contribution in [0, 0.1) is 17.9 Å². The molecule has 0 spiro atoms. The molecule has 0 unspecified atom stereocenters. The summed E-state index contributed by atoms with van der Waals surface area (Å²) in [6, 6.07) is 69.4. The Morgan fingerprint density at radius 3 is 1.81 bits per heavy atom. The molecule has 0 radical (unpaired) electrons. The van der Waals surface area contributed by atoms with E-state index in [9.17, 15) is 11.8 Å². The van der Waals surface area contributed by atoms with Crippen LogP contribution in [0.5, 0.6) is 0 Å². The number of hydrogen-bond donors (Lipinski definition) is 0. The van der Waals surface area contributed by atoms with E-state index in [0.717, 1.165) is 115 Å². The van der Waals surface area contributed by atoms with Gasteiger partial charge in [0.25, 0.3) is 0 Å². The average Bonchev–Trinajstić information content (AvgIpc) is 4.06. The first-order valence-corrected chi connectivity index (χ1v) is 22.3. The summed E-state index contributed by atoms with van der Waals surface area (Å²) in [5.74, 6) is 0. The Morgan fingerprint density at radius 1 is 0.463 bits per heavy atom. The Hall–Kier alpha value is -9.49. The molecule has 10 aromatic carbocycles. The smallest absolute Gasteiger partial charge is 0.220 e. The first-order chi connectivity index (χ1) is 33.2. The van der Waals surface area contributed by atoms with Crippen LogP contribution < -0.4 is 0 Å². The van der Waals surface area contributed by atoms with Crippen molar-refractivity contribution in [1.82, 2.24) is 14.1 Å². The quantitative estimate of drug-likeness (QED) is 0.128. The molecule has 4 heterocycles. The molecular formula is C61H33N5O. The lowest BCUT2D eigenvalue weighted by molar-refractivity contribution is 0.670. The van der Waals surface area contributed by atoms with Crippen molar-refractivity contribution in [3.05, 3.63) is 217 Å². The minimum atomic E-state index is 0.391. The molecule has 0 bridgehead atoms. The number of fused-ring (bicyclic) bond motifs is 9. The number of pyridine rings is 1. The average molecular weight is 852 g/mol. The van der Waals surface area contributed by atoms with Crippen molar-refractivity contribution in [2.75, 3.05) is 0 Å². The highest BCUT2D eigenvalue weighted by Gasteiger charge is 2.33. The first kappa shape index (κ1) is 36.9. The molecule has 6 nitrogen and oxygen atoms in total. The Kier molecular flexibility index (Phi) is 7.72. The van der Waals surface area contributed by atoms with Crippen LogP contribution in [0.1, 0.15) is 5.56 Å². The number of nitriles is 1. The molecule has 6 heteroatoms. The predicted octanol–water partition coefficient (Wildman–Crippen LogP) is 16.3. The van der Waals surface area contributed by atoms with E-state index in [1.165, 1.54) is 0 Å². The minimum Gasteiger partial charge on any atom is -0.455 e. The van der Waals surface area contributed by atoms with Crippen LogP contribution in [-0.4, -0.2) is 14.1 Å². The van der Waals surface area contributed by atoms with Crippen molar-refractivity contribution >= 4 is 92.9 Å². The maximum Gasteiger partial charge on any atom is 0.220 e. The molecule has 0 atom stereocenters. The molecule has 0 saturated carbocycles. The highest BCUT2D eigenvalue weighted by molar-refractivity contribution is 6.34. The Labute approximate surface area is 383 Å². The minimum absolute atomic E-state index is 0.391. The molecule has 0 saturated heterocycles. The lowest BCUT2D eigenvalue weighted by Gasteiger charge is -2.25. The summed E-state index contributed by atoms with van der Waals surface area (Å²) in [6.45, 7) is 9.24. The van der Waals surface area contributed by atoms with Crippen LogP contribution in [0.2, 0.25) is 0 Å². The maximum atomic E-state index is 11.9. The molecule has 0 aliphatic rings. The van der Waals surface area contributed by atoms with Gasteiger partial charge in [-0.25, -0.2) is 4.85 Å². The summed E-state index contributed by atoms with van der Waals surface area (Å²) >= 11 is 0. The Bertz CT molecular complexity index is 4380. The highest BCUT2D eigenvalue weighted by Crippen LogP contribution is 2.54. The van der Waals surface area contributed by atoms with Gasteiger partial charge in [-0.2, -0.15) is 5.26 Å². The van der Waals surface area contributed by atoms with Gasteiger partial charge >= 0.3 is 0 Å². The third kappa shape index (κ3) is 4.99. The normalized spacial score (nSPS) is 11.9. The van der Waals surface area contributed by atoms with Crippen LogP contribution in [0.15, 0.2) is 205 Å². The molecule has 0 amide bonds. The van der Waals surface area contributed by atoms with Gasteiger partial charge in [-0.15, -0.1) is 0 Å². The molecule has 14 rings (SSSR count). The Balaban J connectivity index is 1.22. The summed E-state index contributed by atoms with van der Waals surface area (Å²) in [5, 5.41) is 21.5. The summed E-state index contributed by atoms with van der Waals surface area (Å²) in [7, 11) is 0. The van der Waals surface area contributed by atoms with E-state index in [-0.39, 0.29) is 0 Å². The van der Waals surface area contributed by atoms with Gasteiger partial charge < -0.3 is 13.6 Å². The highest BCUT2D eigenvalue weighted by atomic mass is 16.3. The predicted molar refractivity (Wildman–Crippen MR) is 274 cm³/mol. The second-order valence-electron chi connectivity index (χ2n) is 17.1. The van der Waals surface area contributed by atoms with E-state index in [1.807, 2.05) is 72.9 Å². The van der Waals surface area contributed by atoms with Crippen LogP contribution in [0.4, 0.5) is 5.69 Å². The fourth-order valence-corrected chi connectivity index (χ4v) is 11.2. The SMILES string of the molecule is [C-]#[N+]c1c(-c2ccccc2)c(C#N)c(-n2c3ccccc3c3c(-c4cccc5c4oc4ccccc45)cccc32)c(-c2ccccc2)c1-n1c2cccc3c4ccccc4c4nccc1c4c32. The van der Waals surface area contributed by atoms with E-state index in [2.05, 4.69) is 147 Å². The maximum absolute atomic E-state index is 11.9. The first-order valence-electron chi connectivity index (χ1n) is 22.3. The van der Waals surface area contributed by atoms with Gasteiger partial charge in [0, 0.05) is 60.6 Å². The molecule has 0 fully saturated rings. The number of nitrogens with zero attached hydrogens (tertiary/aromatic N) is 5. The second-order valence-corrected chi connectivity index (χ2v) is 17.1. The third-order valence-electron chi connectivity index (χ3n) is 13.8. The lowest BCUT2D eigenvalue weighted by atomic mass is 9.88. The molecular weight excluding hydrogens is 819 g/mol. The Morgan fingerprint density at radius 2 is 1.03 bits per heavy atom. The zero-order chi connectivity index (χ0) is 44.3. The molecule has 308 valence electrons. The summed E-state index contributed by atoms with van der Waals surface area (Å²) in [4.78, 5) is 9.55. The van der Waals surface area contributed by atoms with Gasteiger partial charge in [-0.1, -0.05) is 164 Å². The van der Waals surface area contributed by atoms with Crippen molar-refractivity contribution in [3.8, 4) is 50.8 Å². The fraction of sp³-hybridized carbons (Fsp3) is 0. The molecule has 0 aliphatic carbocycles. The van der Waals surface area contributed by atoms with E-state index in [0.29, 0.717) is 28.2 Å². The van der Waals surface area contributed by atoms with Gasteiger partial charge in [-0.05, 0) is 57.8 Å². The van der Waals surface area contributed by atoms with E-state index in [4.69, 9.17) is 9.40 Å². The van der Waals surface area contributed by atoms with Crippen LogP contribution >= 0.6 is 0 Å². The van der Waals surface area contributed by atoms with Gasteiger partial charge in [0.1, 0.15) is 17.2 Å². The largest absolute Gasteiger partial charge is 0.455 e. The number of benzene rings is 10. The van der Waals surface area contributed by atoms with Crippen LogP contribution in [0.3, 0.4) is 0 Å². The topological polar surface area (TPSA) is 64.0 Å². The monoisotopic (exact) mass is 851 g/mol. The summed E-state index contributed by atoms with van der Waals surface area (Å²) < 4.78 is 11.2. The van der Waals surface area contributed by atoms with Crippen molar-refractivity contribution in [1.29, 1.82) is 5.26 Å². The summed E-state index contributed by atoms with van der Waals surface area (Å²) in [5.41, 5.74) is 13.5. The molecule has 0 aliphatic heterocycles. The van der Waals surface area contributed by atoms with Crippen molar-refractivity contribution in [2.45, 2.75) is 0 Å². The van der Waals surface area contributed by atoms with E-state index >= 15 is 0 Å². The fourth-order valence-electron chi connectivity index (χ4n) is 11.2. The lowest BCUT2D eigenvalue weighted by Crippen LogP contribution is -2.08. The van der Waals surface area contributed by atoms with Gasteiger partial charge in [0.05, 0.1) is 51.1 Å². The number of rotatable bonds is 5. The number of hydrogen-bond acceptors (Lipinski definition) is 3. The molecule has 67 heavy (non-hydrogen) atoms. The number of para-hydroxylation sites is 3. The zero-order valence-electron chi connectivity index (χ0n) is 35.7. The van der Waals surface area contributed by atoms with Crippen molar-refractivity contribution < 1.29 is 4.42 Å². The zero-order valence-corrected chi connectivity index (χ0v) is 35.7. The number of furan rings is 1. The summed E-state index contributed by atoms with van der Waals surface area (Å²) in [6.07, 6.45) is 1.88. The standard InChI is InChI=1S/C61H33N5O/c1-63-58-52(36-17-4-2-5-18-36)46(35-62)59(65-47-29-12-10-24-45(47)54-41(26-16-30-48(54)65)44-28-14-27-43-39-22-11-13-32-51(39)67-61(43)44)53(37-19-6-3-7-20-37)60(58)66-49-31-15-25-40-38-21-8-9-23-42(38)57-56(55(40)49)50(66)33-34-64-57/h2-34H. The van der Waals surface area contributed by atoms with E-state index in [1.54, 1.807) is 0 Å². The second kappa shape index (κ2) is 14.0. The molecule has 4 aromatic heterocycles. The van der Waals surface area contributed by atoms with Gasteiger partial charge in [0.15, 0.2) is 0 Å². The van der Waals surface area contributed by atoms with Crippen molar-refractivity contribution in [2.24, 2.45) is 0 Å². The molecule has 14 aromatic rings. The van der Waals surface area contributed by atoms with Crippen LogP contribution in [-0.2, 0) is 0 Å². The molecule has 0 N–H and O–H groups in total. The van der Waals surface area contributed by atoms with Crippen LogP contribution in [0.25, 0.3) is 137 Å². The van der Waals surface area contributed by atoms with Gasteiger partial charge in [0.2, 0.25) is 5.69 Å². The van der Waals surface area contributed by atoms with Crippen molar-refractivity contribution in [3.63, 3.8) is 0 Å². The third-order valence-corrected chi connectivity index (χ3v) is 13.8.